The van der Waals surface area contributed by atoms with Gasteiger partial charge in [-0.1, -0.05) is 0 Å². The van der Waals surface area contributed by atoms with Crippen LogP contribution in [0.25, 0.3) is 0 Å². The molecule has 0 bridgehead atoms. The molecule has 1 aromatic heterocycles. The van der Waals surface area contributed by atoms with E-state index in [0.29, 0.717) is 17.0 Å². The summed E-state index contributed by atoms with van der Waals surface area (Å²) in [6.45, 7) is 5.87. The average molecular weight is 296 g/mol. The number of hydrogen-bond donors (Lipinski definition) is 1. The average Bonchev–Trinajstić information content (AvgIpc) is 3.02. The van der Waals surface area contributed by atoms with Crippen LogP contribution in [0, 0.1) is 13.8 Å². The standard InChI is InChI=1S/C17H20N4O/c1-12-16(13(2)19-11-18-12)17(22)20-14-5-7-15(8-6-14)21-9-3-4-10-21/h5-8,11H,3-4,9-10H2,1-2H3,(H,20,22). The van der Waals surface area contributed by atoms with E-state index in [4.69, 9.17) is 0 Å². The number of benzene rings is 1. The van der Waals surface area contributed by atoms with Gasteiger partial charge in [-0.2, -0.15) is 0 Å². The minimum Gasteiger partial charge on any atom is -0.372 e. The van der Waals surface area contributed by atoms with E-state index in [2.05, 4.69) is 32.3 Å². The highest BCUT2D eigenvalue weighted by Gasteiger charge is 2.15. The molecule has 0 aliphatic carbocycles. The van der Waals surface area contributed by atoms with E-state index >= 15 is 0 Å². The van der Waals surface area contributed by atoms with E-state index in [-0.39, 0.29) is 5.91 Å². The Balaban J connectivity index is 1.74. The SMILES string of the molecule is Cc1ncnc(C)c1C(=O)Nc1ccc(N2CCCC2)cc1. The molecule has 1 aliphatic heterocycles. The molecule has 3 rings (SSSR count). The minimum atomic E-state index is -0.162. The molecule has 0 spiro atoms. The summed E-state index contributed by atoms with van der Waals surface area (Å²) >= 11 is 0. The first-order valence-corrected chi connectivity index (χ1v) is 7.60. The van der Waals surface area contributed by atoms with Crippen LogP contribution in [0.15, 0.2) is 30.6 Å². The van der Waals surface area contributed by atoms with Gasteiger partial charge in [0.05, 0.1) is 17.0 Å². The van der Waals surface area contributed by atoms with E-state index < -0.39 is 0 Å². The fourth-order valence-corrected chi connectivity index (χ4v) is 2.85. The number of aryl methyl sites for hydroxylation is 2. The molecular formula is C17H20N4O. The fraction of sp³-hybridized carbons (Fsp3) is 0.353. The number of anilines is 2. The first kappa shape index (κ1) is 14.5. The molecule has 1 aliphatic rings. The number of hydrogen-bond acceptors (Lipinski definition) is 4. The second-order valence-corrected chi connectivity index (χ2v) is 5.61. The molecule has 1 amide bonds. The Morgan fingerprint density at radius 3 is 2.23 bits per heavy atom. The second-order valence-electron chi connectivity index (χ2n) is 5.61. The third-order valence-corrected chi connectivity index (χ3v) is 4.05. The molecule has 0 atom stereocenters. The Labute approximate surface area is 130 Å². The molecule has 114 valence electrons. The summed E-state index contributed by atoms with van der Waals surface area (Å²) < 4.78 is 0. The fourth-order valence-electron chi connectivity index (χ4n) is 2.85. The third kappa shape index (κ3) is 2.93. The molecule has 1 N–H and O–H groups in total. The van der Waals surface area contributed by atoms with Crippen molar-refractivity contribution in [2.45, 2.75) is 26.7 Å². The van der Waals surface area contributed by atoms with Crippen molar-refractivity contribution >= 4 is 17.3 Å². The van der Waals surface area contributed by atoms with E-state index in [9.17, 15) is 4.79 Å². The summed E-state index contributed by atoms with van der Waals surface area (Å²) in [6, 6.07) is 8.00. The first-order valence-electron chi connectivity index (χ1n) is 7.60. The molecule has 22 heavy (non-hydrogen) atoms. The van der Waals surface area contributed by atoms with E-state index in [1.807, 2.05) is 26.0 Å². The minimum absolute atomic E-state index is 0.162. The van der Waals surface area contributed by atoms with Crippen molar-refractivity contribution < 1.29 is 4.79 Å². The molecule has 2 heterocycles. The van der Waals surface area contributed by atoms with Gasteiger partial charge in [-0.05, 0) is 51.0 Å². The van der Waals surface area contributed by atoms with Gasteiger partial charge in [0.15, 0.2) is 0 Å². The highest BCUT2D eigenvalue weighted by Crippen LogP contribution is 2.22. The van der Waals surface area contributed by atoms with Crippen molar-refractivity contribution in [3.05, 3.63) is 47.5 Å². The summed E-state index contributed by atoms with van der Waals surface area (Å²) in [5.41, 5.74) is 3.94. The molecule has 0 saturated carbocycles. The van der Waals surface area contributed by atoms with Crippen molar-refractivity contribution in [3.8, 4) is 0 Å². The maximum Gasteiger partial charge on any atom is 0.259 e. The second kappa shape index (κ2) is 6.13. The van der Waals surface area contributed by atoms with Gasteiger partial charge in [-0.3, -0.25) is 4.79 Å². The lowest BCUT2D eigenvalue weighted by Gasteiger charge is -2.18. The van der Waals surface area contributed by atoms with Crippen LogP contribution in [0.4, 0.5) is 11.4 Å². The monoisotopic (exact) mass is 296 g/mol. The molecule has 5 nitrogen and oxygen atoms in total. The van der Waals surface area contributed by atoms with Crippen molar-refractivity contribution in [3.63, 3.8) is 0 Å². The van der Waals surface area contributed by atoms with E-state index in [1.54, 1.807) is 0 Å². The van der Waals surface area contributed by atoms with Crippen LogP contribution in [0.3, 0.4) is 0 Å². The Morgan fingerprint density at radius 1 is 1.05 bits per heavy atom. The summed E-state index contributed by atoms with van der Waals surface area (Å²) in [5.74, 6) is -0.162. The van der Waals surface area contributed by atoms with Crippen LogP contribution >= 0.6 is 0 Å². The number of nitrogens with zero attached hydrogens (tertiary/aromatic N) is 3. The predicted octanol–water partition coefficient (Wildman–Crippen LogP) is 2.95. The molecule has 0 radical (unpaired) electrons. The molecular weight excluding hydrogens is 276 g/mol. The Bertz CT molecular complexity index is 655. The molecule has 1 aromatic carbocycles. The van der Waals surface area contributed by atoms with Gasteiger partial charge in [-0.15, -0.1) is 0 Å². The van der Waals surface area contributed by atoms with Crippen LogP contribution in [-0.4, -0.2) is 29.0 Å². The van der Waals surface area contributed by atoms with Crippen LogP contribution in [0.2, 0.25) is 0 Å². The van der Waals surface area contributed by atoms with Crippen molar-refractivity contribution in [2.24, 2.45) is 0 Å². The Morgan fingerprint density at radius 2 is 1.64 bits per heavy atom. The number of aromatic nitrogens is 2. The van der Waals surface area contributed by atoms with Crippen LogP contribution in [-0.2, 0) is 0 Å². The smallest absolute Gasteiger partial charge is 0.259 e. The van der Waals surface area contributed by atoms with Crippen LogP contribution in [0.5, 0.6) is 0 Å². The highest BCUT2D eigenvalue weighted by atomic mass is 16.1. The zero-order valence-corrected chi connectivity index (χ0v) is 13.0. The summed E-state index contributed by atoms with van der Waals surface area (Å²) in [4.78, 5) is 22.9. The summed E-state index contributed by atoms with van der Waals surface area (Å²) in [6.07, 6.45) is 3.99. The lowest BCUT2D eigenvalue weighted by atomic mass is 10.1. The third-order valence-electron chi connectivity index (χ3n) is 4.05. The topological polar surface area (TPSA) is 58.1 Å². The summed E-state index contributed by atoms with van der Waals surface area (Å²) in [7, 11) is 0. The maximum absolute atomic E-state index is 12.4. The molecule has 1 saturated heterocycles. The number of nitrogens with one attached hydrogen (secondary N) is 1. The molecule has 1 fully saturated rings. The normalized spacial score (nSPS) is 14.2. The number of rotatable bonds is 3. The van der Waals surface area contributed by atoms with Gasteiger partial charge in [0, 0.05) is 24.5 Å². The molecule has 2 aromatic rings. The number of amides is 1. The van der Waals surface area contributed by atoms with E-state index in [1.165, 1.54) is 24.9 Å². The lowest BCUT2D eigenvalue weighted by Crippen LogP contribution is -2.18. The van der Waals surface area contributed by atoms with Gasteiger partial charge in [0.2, 0.25) is 0 Å². The number of carbonyl (C=O) groups excluding carboxylic acids is 1. The first-order chi connectivity index (χ1) is 10.6. The quantitative estimate of drug-likeness (QED) is 0.946. The Kier molecular flexibility index (Phi) is 4.04. The van der Waals surface area contributed by atoms with Crippen molar-refractivity contribution in [1.29, 1.82) is 0 Å². The van der Waals surface area contributed by atoms with Gasteiger partial charge < -0.3 is 10.2 Å². The highest BCUT2D eigenvalue weighted by molar-refractivity contribution is 6.05. The van der Waals surface area contributed by atoms with Gasteiger partial charge in [-0.25, -0.2) is 9.97 Å². The number of carbonyl (C=O) groups is 1. The lowest BCUT2D eigenvalue weighted by molar-refractivity contribution is 0.102. The van der Waals surface area contributed by atoms with Crippen molar-refractivity contribution in [2.75, 3.05) is 23.3 Å². The van der Waals surface area contributed by atoms with Crippen LogP contribution < -0.4 is 10.2 Å². The van der Waals surface area contributed by atoms with Crippen LogP contribution in [0.1, 0.15) is 34.6 Å². The largest absolute Gasteiger partial charge is 0.372 e. The summed E-state index contributed by atoms with van der Waals surface area (Å²) in [5, 5.41) is 2.92. The van der Waals surface area contributed by atoms with Crippen molar-refractivity contribution in [1.82, 2.24) is 9.97 Å². The zero-order chi connectivity index (χ0) is 15.5. The van der Waals surface area contributed by atoms with Gasteiger partial charge in [0.1, 0.15) is 6.33 Å². The Hall–Kier alpha value is -2.43. The zero-order valence-electron chi connectivity index (χ0n) is 13.0. The molecule has 5 heteroatoms. The molecule has 0 unspecified atom stereocenters. The predicted molar refractivity (Wildman–Crippen MR) is 87.3 cm³/mol. The van der Waals surface area contributed by atoms with Gasteiger partial charge >= 0.3 is 0 Å². The van der Waals surface area contributed by atoms with E-state index in [0.717, 1.165) is 18.8 Å². The maximum atomic E-state index is 12.4. The van der Waals surface area contributed by atoms with Gasteiger partial charge in [0.25, 0.3) is 5.91 Å².